The molecule has 1 heterocycles. The predicted molar refractivity (Wildman–Crippen MR) is 83.1 cm³/mol. The third-order valence-electron chi connectivity index (χ3n) is 2.66. The molecule has 0 aliphatic rings. The zero-order chi connectivity index (χ0) is 14.1. The maximum atomic E-state index is 10.7. The Bertz CT molecular complexity index is 800. The highest BCUT2D eigenvalue weighted by Crippen LogP contribution is 2.25. The molecule has 6 nitrogen and oxygen atoms in total. The van der Waals surface area contributed by atoms with E-state index in [1.807, 2.05) is 24.3 Å². The van der Waals surface area contributed by atoms with Crippen LogP contribution in [0.15, 0.2) is 46.9 Å². The fraction of sp³-hybridized carbons (Fsp3) is 0. The topological polar surface area (TPSA) is 81.2 Å². The lowest BCUT2D eigenvalue weighted by Gasteiger charge is -2.00. The summed E-state index contributed by atoms with van der Waals surface area (Å²) in [5.41, 5.74) is 1.79. The van der Waals surface area contributed by atoms with Crippen LogP contribution in [0.5, 0.6) is 0 Å². The number of nitrogens with zero attached hydrogens (tertiary/aromatic N) is 2. The number of benzene rings is 2. The summed E-state index contributed by atoms with van der Waals surface area (Å²) >= 11 is 2.21. The standard InChI is InChI=1S/C13H8IN3O3/c14-8-2-1-3-9(6-8)15-13-16-11-7-10(17(18)19)4-5-12(11)20-13/h1-7H,(H,15,16). The van der Waals surface area contributed by atoms with E-state index >= 15 is 0 Å². The number of halogens is 1. The van der Waals surface area contributed by atoms with Gasteiger partial charge in [-0.25, -0.2) is 0 Å². The SMILES string of the molecule is O=[N+]([O-])c1ccc2oc(Nc3cccc(I)c3)nc2c1. The van der Waals surface area contributed by atoms with E-state index < -0.39 is 4.92 Å². The lowest BCUT2D eigenvalue weighted by Crippen LogP contribution is -1.90. The van der Waals surface area contributed by atoms with E-state index in [1.54, 1.807) is 6.07 Å². The summed E-state index contributed by atoms with van der Waals surface area (Å²) in [7, 11) is 0. The van der Waals surface area contributed by atoms with E-state index in [1.165, 1.54) is 12.1 Å². The molecule has 0 unspecified atom stereocenters. The number of hydrogen-bond acceptors (Lipinski definition) is 5. The van der Waals surface area contributed by atoms with Crippen molar-refractivity contribution >= 4 is 51.1 Å². The van der Waals surface area contributed by atoms with Gasteiger partial charge in [-0.1, -0.05) is 6.07 Å². The Balaban J connectivity index is 1.95. The number of hydrogen-bond donors (Lipinski definition) is 1. The highest BCUT2D eigenvalue weighted by molar-refractivity contribution is 14.1. The highest BCUT2D eigenvalue weighted by Gasteiger charge is 2.11. The van der Waals surface area contributed by atoms with Crippen LogP contribution in [-0.4, -0.2) is 9.91 Å². The van der Waals surface area contributed by atoms with Gasteiger partial charge in [0.15, 0.2) is 5.58 Å². The lowest BCUT2D eigenvalue weighted by atomic mass is 10.3. The quantitative estimate of drug-likeness (QED) is 0.420. The first-order valence-electron chi connectivity index (χ1n) is 5.69. The smallest absolute Gasteiger partial charge is 0.300 e. The third-order valence-corrected chi connectivity index (χ3v) is 3.33. The molecule has 1 N–H and O–H groups in total. The predicted octanol–water partition coefficient (Wildman–Crippen LogP) is 4.08. The van der Waals surface area contributed by atoms with E-state index in [0.29, 0.717) is 17.1 Å². The van der Waals surface area contributed by atoms with Gasteiger partial charge in [0.1, 0.15) is 5.52 Å². The van der Waals surface area contributed by atoms with Gasteiger partial charge in [-0.3, -0.25) is 10.1 Å². The van der Waals surface area contributed by atoms with Crippen molar-refractivity contribution in [1.82, 2.24) is 4.98 Å². The van der Waals surface area contributed by atoms with Crippen molar-refractivity contribution in [2.45, 2.75) is 0 Å². The summed E-state index contributed by atoms with van der Waals surface area (Å²) < 4.78 is 6.58. The summed E-state index contributed by atoms with van der Waals surface area (Å²) in [5.74, 6) is 0. The van der Waals surface area contributed by atoms with Gasteiger partial charge in [0.2, 0.25) is 0 Å². The Morgan fingerprint density at radius 3 is 2.85 bits per heavy atom. The molecule has 0 spiro atoms. The molecule has 100 valence electrons. The second kappa shape index (κ2) is 5.08. The number of aromatic nitrogens is 1. The van der Waals surface area contributed by atoms with Crippen LogP contribution in [0, 0.1) is 13.7 Å². The van der Waals surface area contributed by atoms with E-state index in [0.717, 1.165) is 9.26 Å². The monoisotopic (exact) mass is 381 g/mol. The minimum Gasteiger partial charge on any atom is -0.423 e. The number of rotatable bonds is 3. The molecule has 0 fully saturated rings. The van der Waals surface area contributed by atoms with Crippen molar-refractivity contribution in [3.8, 4) is 0 Å². The van der Waals surface area contributed by atoms with Gasteiger partial charge in [0, 0.05) is 21.4 Å². The minimum atomic E-state index is -0.458. The van der Waals surface area contributed by atoms with Crippen LogP contribution in [0.2, 0.25) is 0 Å². The lowest BCUT2D eigenvalue weighted by molar-refractivity contribution is -0.384. The Hall–Kier alpha value is -2.16. The molecule has 7 heteroatoms. The second-order valence-corrected chi connectivity index (χ2v) is 5.31. The zero-order valence-corrected chi connectivity index (χ0v) is 12.2. The normalized spacial score (nSPS) is 10.7. The van der Waals surface area contributed by atoms with Gasteiger partial charge in [-0.05, 0) is 46.9 Å². The van der Waals surface area contributed by atoms with Crippen LogP contribution in [0.3, 0.4) is 0 Å². The van der Waals surface area contributed by atoms with Gasteiger partial charge in [0.25, 0.3) is 11.7 Å². The maximum absolute atomic E-state index is 10.7. The molecule has 3 aromatic rings. The second-order valence-electron chi connectivity index (χ2n) is 4.06. The van der Waals surface area contributed by atoms with Crippen molar-refractivity contribution in [2.75, 3.05) is 5.32 Å². The molecule has 0 amide bonds. The Morgan fingerprint density at radius 2 is 2.10 bits per heavy atom. The van der Waals surface area contributed by atoms with Gasteiger partial charge in [0.05, 0.1) is 4.92 Å². The average molecular weight is 381 g/mol. The van der Waals surface area contributed by atoms with Crippen LogP contribution in [0.25, 0.3) is 11.1 Å². The number of nitro benzene ring substituents is 1. The molecule has 0 atom stereocenters. The molecule has 0 bridgehead atoms. The summed E-state index contributed by atoms with van der Waals surface area (Å²) in [6.07, 6.45) is 0. The van der Waals surface area contributed by atoms with Crippen LogP contribution >= 0.6 is 22.6 Å². The Kier molecular flexibility index (Phi) is 3.26. The number of anilines is 2. The summed E-state index contributed by atoms with van der Waals surface area (Å²) in [4.78, 5) is 14.4. The molecule has 0 saturated heterocycles. The van der Waals surface area contributed by atoms with Crippen molar-refractivity contribution in [1.29, 1.82) is 0 Å². The highest BCUT2D eigenvalue weighted by atomic mass is 127. The average Bonchev–Trinajstić information content (AvgIpc) is 2.79. The number of non-ortho nitro benzene ring substituents is 1. The third kappa shape index (κ3) is 2.57. The number of nitro groups is 1. The minimum absolute atomic E-state index is 0.00777. The zero-order valence-electron chi connectivity index (χ0n) is 10.0. The fourth-order valence-electron chi connectivity index (χ4n) is 1.77. The molecule has 0 aliphatic heterocycles. The van der Waals surface area contributed by atoms with E-state index in [4.69, 9.17) is 4.42 Å². The Morgan fingerprint density at radius 1 is 1.25 bits per heavy atom. The first kappa shape index (κ1) is 12.9. The first-order valence-corrected chi connectivity index (χ1v) is 6.77. The van der Waals surface area contributed by atoms with Gasteiger partial charge in [-0.2, -0.15) is 4.98 Å². The van der Waals surface area contributed by atoms with Gasteiger partial charge in [-0.15, -0.1) is 0 Å². The van der Waals surface area contributed by atoms with Crippen LogP contribution in [0.4, 0.5) is 17.4 Å². The Labute approximate surface area is 127 Å². The van der Waals surface area contributed by atoms with Gasteiger partial charge < -0.3 is 9.73 Å². The summed E-state index contributed by atoms with van der Waals surface area (Å²) in [6.45, 7) is 0. The van der Waals surface area contributed by atoms with Gasteiger partial charge >= 0.3 is 0 Å². The van der Waals surface area contributed by atoms with Crippen molar-refractivity contribution in [3.63, 3.8) is 0 Å². The maximum Gasteiger partial charge on any atom is 0.300 e. The van der Waals surface area contributed by atoms with Crippen molar-refractivity contribution < 1.29 is 9.34 Å². The largest absolute Gasteiger partial charge is 0.423 e. The number of nitrogens with one attached hydrogen (secondary N) is 1. The number of oxazole rings is 1. The molecular weight excluding hydrogens is 373 g/mol. The molecule has 20 heavy (non-hydrogen) atoms. The van der Waals surface area contributed by atoms with Crippen molar-refractivity contribution in [2.24, 2.45) is 0 Å². The molecule has 1 aromatic heterocycles. The molecule has 0 saturated carbocycles. The van der Waals surface area contributed by atoms with Crippen molar-refractivity contribution in [3.05, 3.63) is 56.1 Å². The summed E-state index contributed by atoms with van der Waals surface area (Å²) in [5, 5.41) is 13.7. The first-order chi connectivity index (χ1) is 9.61. The molecule has 3 rings (SSSR count). The van der Waals surface area contributed by atoms with E-state index in [9.17, 15) is 10.1 Å². The molecule has 2 aromatic carbocycles. The van der Waals surface area contributed by atoms with Crippen LogP contribution in [0.1, 0.15) is 0 Å². The molecule has 0 radical (unpaired) electrons. The molecule has 0 aliphatic carbocycles. The van der Waals surface area contributed by atoms with Crippen LogP contribution in [-0.2, 0) is 0 Å². The fourth-order valence-corrected chi connectivity index (χ4v) is 2.32. The number of fused-ring (bicyclic) bond motifs is 1. The van der Waals surface area contributed by atoms with E-state index in [-0.39, 0.29) is 5.69 Å². The van der Waals surface area contributed by atoms with Crippen LogP contribution < -0.4 is 5.32 Å². The molecular formula is C13H8IN3O3. The summed E-state index contributed by atoms with van der Waals surface area (Å²) in [6, 6.07) is 12.3. The van der Waals surface area contributed by atoms with E-state index in [2.05, 4.69) is 32.9 Å².